The molecule has 2 amide bonds. The minimum Gasteiger partial charge on any atom is -0.367 e. The smallest absolute Gasteiger partial charge is 0.270 e. The van der Waals surface area contributed by atoms with Crippen molar-refractivity contribution in [2.24, 2.45) is 0 Å². The highest BCUT2D eigenvalue weighted by Crippen LogP contribution is 2.32. The second-order valence-corrected chi connectivity index (χ2v) is 10.1. The average molecular weight is 516 g/mol. The van der Waals surface area contributed by atoms with Gasteiger partial charge in [0.1, 0.15) is 5.57 Å². The van der Waals surface area contributed by atoms with E-state index in [9.17, 15) is 9.59 Å². The number of nitrogens with zero attached hydrogens (tertiary/aromatic N) is 2. The van der Waals surface area contributed by atoms with Gasteiger partial charge in [0.05, 0.1) is 5.69 Å². The van der Waals surface area contributed by atoms with Gasteiger partial charge in [-0.15, -0.1) is 0 Å². The number of amides is 2. The van der Waals surface area contributed by atoms with Gasteiger partial charge in [-0.05, 0) is 83.2 Å². The highest BCUT2D eigenvalue weighted by atomic mass is 35.5. The normalized spacial score (nSPS) is 16.7. The molecule has 1 fully saturated rings. The lowest BCUT2D eigenvalue weighted by Crippen LogP contribution is -2.54. The number of hydrogen-bond acceptors (Lipinski definition) is 4. The number of hydrogen-bond donors (Lipinski definition) is 1. The van der Waals surface area contributed by atoms with Crippen LogP contribution in [0.3, 0.4) is 0 Å². The number of anilines is 2. The molecule has 3 aromatic rings. The molecule has 0 aromatic heterocycles. The molecule has 36 heavy (non-hydrogen) atoms. The summed E-state index contributed by atoms with van der Waals surface area (Å²) in [6.45, 7) is 5.84. The SMILES string of the molecule is CC(C)c1ccc(N2C(=O)/C(=C/c3ccc4c(c3)CCN4Cc3ccccc3Cl)C(=O)NC2=S)cc1. The average Bonchev–Trinajstić information content (AvgIpc) is 3.25. The molecule has 1 N–H and O–H groups in total. The fraction of sp³-hybridized carbons (Fsp3) is 0.207. The molecule has 0 bridgehead atoms. The van der Waals surface area contributed by atoms with E-state index in [-0.39, 0.29) is 10.7 Å². The largest absolute Gasteiger partial charge is 0.367 e. The van der Waals surface area contributed by atoms with Crippen LogP contribution in [0, 0.1) is 0 Å². The van der Waals surface area contributed by atoms with Gasteiger partial charge in [-0.1, -0.05) is 61.8 Å². The molecule has 0 saturated carbocycles. The van der Waals surface area contributed by atoms with Crippen LogP contribution in [0.25, 0.3) is 6.08 Å². The molecule has 0 aliphatic carbocycles. The third-order valence-corrected chi connectivity index (χ3v) is 7.30. The highest BCUT2D eigenvalue weighted by Gasteiger charge is 2.34. The van der Waals surface area contributed by atoms with Gasteiger partial charge < -0.3 is 4.90 Å². The molecule has 2 heterocycles. The fourth-order valence-electron chi connectivity index (χ4n) is 4.64. The number of carbonyl (C=O) groups is 2. The van der Waals surface area contributed by atoms with Gasteiger partial charge in [0.15, 0.2) is 5.11 Å². The number of halogens is 1. The monoisotopic (exact) mass is 515 g/mol. The van der Waals surface area contributed by atoms with E-state index < -0.39 is 11.8 Å². The van der Waals surface area contributed by atoms with Crippen LogP contribution < -0.4 is 15.1 Å². The maximum atomic E-state index is 13.4. The summed E-state index contributed by atoms with van der Waals surface area (Å²) >= 11 is 11.7. The predicted octanol–water partition coefficient (Wildman–Crippen LogP) is 5.86. The minimum atomic E-state index is -0.485. The van der Waals surface area contributed by atoms with Gasteiger partial charge in [0.2, 0.25) is 0 Å². The lowest BCUT2D eigenvalue weighted by molar-refractivity contribution is -0.122. The first-order valence-corrected chi connectivity index (χ1v) is 12.7. The van der Waals surface area contributed by atoms with Gasteiger partial charge in [-0.2, -0.15) is 0 Å². The molecule has 0 atom stereocenters. The molecule has 1 saturated heterocycles. The lowest BCUT2D eigenvalue weighted by atomic mass is 10.0. The van der Waals surface area contributed by atoms with Crippen molar-refractivity contribution in [3.05, 3.63) is 99.6 Å². The van der Waals surface area contributed by atoms with E-state index in [1.54, 1.807) is 6.08 Å². The van der Waals surface area contributed by atoms with Crippen molar-refractivity contribution in [1.82, 2.24) is 5.32 Å². The fourth-order valence-corrected chi connectivity index (χ4v) is 5.12. The molecule has 182 valence electrons. The van der Waals surface area contributed by atoms with Gasteiger partial charge in [-0.3, -0.25) is 19.8 Å². The standard InChI is InChI=1S/C29H26ClN3O2S/c1-18(2)20-8-10-23(11-9-20)33-28(35)24(27(34)31-29(33)36)16-19-7-12-26-21(15-19)13-14-32(26)17-22-5-3-4-6-25(22)30/h3-12,15-16,18H,13-14,17H2,1-2H3,(H,31,34,36)/b24-16+. The first-order valence-electron chi connectivity index (χ1n) is 11.9. The van der Waals surface area contributed by atoms with Crippen LogP contribution in [-0.2, 0) is 22.6 Å². The Labute approximate surface area is 221 Å². The van der Waals surface area contributed by atoms with Gasteiger partial charge in [0.25, 0.3) is 11.8 Å². The number of thiocarbonyl (C=S) groups is 1. The number of carbonyl (C=O) groups excluding carboxylic acids is 2. The molecule has 0 radical (unpaired) electrons. The number of fused-ring (bicyclic) bond motifs is 1. The van der Waals surface area contributed by atoms with Crippen molar-refractivity contribution in [1.29, 1.82) is 0 Å². The maximum absolute atomic E-state index is 13.4. The van der Waals surface area contributed by atoms with E-state index in [2.05, 4.69) is 24.1 Å². The predicted molar refractivity (Wildman–Crippen MR) is 149 cm³/mol. The lowest BCUT2D eigenvalue weighted by Gasteiger charge is -2.29. The van der Waals surface area contributed by atoms with Crippen LogP contribution >= 0.6 is 23.8 Å². The summed E-state index contributed by atoms with van der Waals surface area (Å²) in [5.74, 6) is -0.540. The summed E-state index contributed by atoms with van der Waals surface area (Å²) < 4.78 is 0. The summed E-state index contributed by atoms with van der Waals surface area (Å²) in [5.41, 5.74) is 6.05. The second-order valence-electron chi connectivity index (χ2n) is 9.36. The molecule has 2 aliphatic heterocycles. The van der Waals surface area contributed by atoms with Crippen molar-refractivity contribution >= 4 is 58.2 Å². The van der Waals surface area contributed by atoms with Crippen molar-refractivity contribution in [3.63, 3.8) is 0 Å². The Hall–Kier alpha value is -3.48. The van der Waals surface area contributed by atoms with Crippen molar-refractivity contribution < 1.29 is 9.59 Å². The van der Waals surface area contributed by atoms with Gasteiger partial charge >= 0.3 is 0 Å². The zero-order valence-electron chi connectivity index (χ0n) is 20.1. The summed E-state index contributed by atoms with van der Waals surface area (Å²) in [6, 6.07) is 21.6. The highest BCUT2D eigenvalue weighted by molar-refractivity contribution is 7.80. The molecule has 5 nitrogen and oxygen atoms in total. The quantitative estimate of drug-likeness (QED) is 0.263. The van der Waals surface area contributed by atoms with E-state index >= 15 is 0 Å². The number of rotatable bonds is 5. The van der Waals surface area contributed by atoms with Crippen LogP contribution in [0.1, 0.15) is 42.0 Å². The summed E-state index contributed by atoms with van der Waals surface area (Å²) in [7, 11) is 0. The summed E-state index contributed by atoms with van der Waals surface area (Å²) in [6.07, 6.45) is 2.53. The Balaban J connectivity index is 1.40. The van der Waals surface area contributed by atoms with Crippen LogP contribution in [0.2, 0.25) is 5.02 Å². The van der Waals surface area contributed by atoms with E-state index in [0.29, 0.717) is 11.6 Å². The Morgan fingerprint density at radius 1 is 1.06 bits per heavy atom. The van der Waals surface area contributed by atoms with Crippen molar-refractivity contribution in [3.8, 4) is 0 Å². The maximum Gasteiger partial charge on any atom is 0.270 e. The van der Waals surface area contributed by atoms with E-state index in [0.717, 1.165) is 46.9 Å². The minimum absolute atomic E-state index is 0.0578. The Bertz CT molecular complexity index is 1400. The molecule has 0 spiro atoms. The van der Waals surface area contributed by atoms with Crippen LogP contribution in [0.5, 0.6) is 0 Å². The van der Waals surface area contributed by atoms with Crippen LogP contribution in [0.15, 0.2) is 72.3 Å². The number of nitrogens with one attached hydrogen (secondary N) is 1. The second kappa shape index (κ2) is 9.88. The molecule has 2 aliphatic rings. The van der Waals surface area contributed by atoms with E-state index in [4.69, 9.17) is 23.8 Å². The molecular weight excluding hydrogens is 490 g/mol. The Morgan fingerprint density at radius 3 is 2.53 bits per heavy atom. The molecule has 7 heteroatoms. The third-order valence-electron chi connectivity index (χ3n) is 6.64. The first kappa shape index (κ1) is 24.2. The van der Waals surface area contributed by atoms with E-state index in [1.807, 2.05) is 66.7 Å². The molecule has 5 rings (SSSR count). The Morgan fingerprint density at radius 2 is 1.81 bits per heavy atom. The van der Waals surface area contributed by atoms with E-state index in [1.165, 1.54) is 10.5 Å². The molecular formula is C29H26ClN3O2S. The third kappa shape index (κ3) is 4.66. The van der Waals surface area contributed by atoms with Crippen molar-refractivity contribution in [2.75, 3.05) is 16.3 Å². The summed E-state index contributed by atoms with van der Waals surface area (Å²) in [4.78, 5) is 29.8. The van der Waals surface area contributed by atoms with Crippen LogP contribution in [0.4, 0.5) is 11.4 Å². The molecule has 3 aromatic carbocycles. The van der Waals surface area contributed by atoms with Gasteiger partial charge in [-0.25, -0.2) is 0 Å². The van der Waals surface area contributed by atoms with Crippen LogP contribution in [-0.4, -0.2) is 23.5 Å². The van der Waals surface area contributed by atoms with Gasteiger partial charge in [0, 0.05) is 23.8 Å². The zero-order valence-corrected chi connectivity index (χ0v) is 21.7. The Kier molecular flexibility index (Phi) is 6.65. The molecule has 0 unspecified atom stereocenters. The number of benzene rings is 3. The topological polar surface area (TPSA) is 52.7 Å². The first-order chi connectivity index (χ1) is 17.3. The summed E-state index contributed by atoms with van der Waals surface area (Å²) in [5, 5.41) is 3.51. The zero-order chi connectivity index (χ0) is 25.4. The van der Waals surface area contributed by atoms with Crippen molar-refractivity contribution in [2.45, 2.75) is 32.7 Å².